The topological polar surface area (TPSA) is 122 Å². The summed E-state index contributed by atoms with van der Waals surface area (Å²) in [5.74, 6) is 0. The summed E-state index contributed by atoms with van der Waals surface area (Å²) in [6.07, 6.45) is 2.78. The number of nitrogens with two attached hydrogens (primary N) is 1. The van der Waals surface area contributed by atoms with Gasteiger partial charge in [-0.3, -0.25) is 5.32 Å². The van der Waals surface area contributed by atoms with E-state index in [9.17, 15) is 4.79 Å². The molecule has 2 aliphatic rings. The summed E-state index contributed by atoms with van der Waals surface area (Å²) in [6, 6.07) is 20.5. The molecule has 8 nitrogen and oxygen atoms in total. The van der Waals surface area contributed by atoms with E-state index in [4.69, 9.17) is 20.4 Å². The Bertz CT molecular complexity index is 2480. The van der Waals surface area contributed by atoms with Gasteiger partial charge in [0.05, 0.1) is 46.1 Å². The number of anilines is 2. The lowest BCUT2D eigenvalue weighted by molar-refractivity contribution is 0.168. The summed E-state index contributed by atoms with van der Waals surface area (Å²) >= 11 is 0. The van der Waals surface area contributed by atoms with E-state index in [-0.39, 0.29) is 6.61 Å². The fourth-order valence-electron chi connectivity index (χ4n) is 8.65. The molecule has 0 unspecified atom stereocenters. The van der Waals surface area contributed by atoms with Crippen molar-refractivity contribution in [3.05, 3.63) is 106 Å². The number of carbonyl (C=O) groups is 1. The van der Waals surface area contributed by atoms with Gasteiger partial charge in [0.1, 0.15) is 0 Å². The first-order valence-corrected chi connectivity index (χ1v) is 19.6. The molecular weight excluding hydrogens is 681 g/mol. The molecule has 0 atom stereocenters. The molecular formula is C47H52N6O2. The van der Waals surface area contributed by atoms with Gasteiger partial charge >= 0.3 is 6.09 Å². The van der Waals surface area contributed by atoms with Gasteiger partial charge in [-0.1, -0.05) is 64.1 Å². The number of nitrogen functional groups attached to an aromatic ring is 1. The van der Waals surface area contributed by atoms with Crippen molar-refractivity contribution >= 4 is 61.8 Å². The maximum atomic E-state index is 12.9. The number of fused-ring (bicyclic) bond motifs is 8. The highest BCUT2D eigenvalue weighted by molar-refractivity contribution is 6.06. The molecule has 2 aliphatic heterocycles. The average Bonchev–Trinajstić information content (AvgIpc) is 3.86. The molecule has 8 bridgehead atoms. The number of rotatable bonds is 8. The zero-order chi connectivity index (χ0) is 39.1. The molecule has 8 heteroatoms. The Balaban J connectivity index is 1.75. The van der Waals surface area contributed by atoms with E-state index in [1.54, 1.807) is 0 Å². The highest BCUT2D eigenvalue weighted by Crippen LogP contribution is 2.45. The number of amides is 1. The van der Waals surface area contributed by atoms with Crippen LogP contribution < -0.4 is 11.1 Å². The van der Waals surface area contributed by atoms with Crippen molar-refractivity contribution in [3.8, 4) is 22.3 Å². The Hall–Kier alpha value is -5.89. The molecule has 55 heavy (non-hydrogen) atoms. The number of aromatic amines is 2. The fourth-order valence-corrected chi connectivity index (χ4v) is 8.65. The molecule has 0 saturated heterocycles. The Labute approximate surface area is 324 Å². The van der Waals surface area contributed by atoms with E-state index < -0.39 is 6.09 Å². The summed E-state index contributed by atoms with van der Waals surface area (Å²) in [7, 11) is 0. The predicted octanol–water partition coefficient (Wildman–Crippen LogP) is 12.2. The lowest BCUT2D eigenvalue weighted by atomic mass is 9.92. The van der Waals surface area contributed by atoms with Gasteiger partial charge in [0.25, 0.3) is 0 Å². The first-order valence-electron chi connectivity index (χ1n) is 19.6. The van der Waals surface area contributed by atoms with Crippen LogP contribution in [0.5, 0.6) is 0 Å². The molecule has 2 aromatic carbocycles. The number of allylic oxidation sites excluding steroid dienone is 4. The highest BCUT2D eigenvalue weighted by Gasteiger charge is 2.27. The van der Waals surface area contributed by atoms with Crippen molar-refractivity contribution in [2.45, 2.75) is 88.0 Å². The summed E-state index contributed by atoms with van der Waals surface area (Å²) in [4.78, 5) is 31.7. The number of hydrogen-bond donors (Lipinski definition) is 4. The zero-order valence-corrected chi connectivity index (χ0v) is 33.6. The van der Waals surface area contributed by atoms with Gasteiger partial charge in [-0.15, -0.1) is 0 Å². The Morgan fingerprint density at radius 1 is 0.673 bits per heavy atom. The summed E-state index contributed by atoms with van der Waals surface area (Å²) in [5.41, 5.74) is 28.9. The number of carbonyl (C=O) groups excluding carboxylic acids is 1. The number of para-hydroxylation sites is 2. The number of benzene rings is 2. The number of nitrogens with one attached hydrogen (secondary N) is 3. The lowest BCUT2D eigenvalue weighted by Crippen LogP contribution is -2.13. The molecule has 0 spiro atoms. The monoisotopic (exact) mass is 732 g/mol. The molecule has 5 heterocycles. The van der Waals surface area contributed by atoms with Crippen LogP contribution in [0, 0.1) is 13.8 Å². The number of aryl methyl sites for hydroxylation is 4. The van der Waals surface area contributed by atoms with Crippen LogP contribution in [0.4, 0.5) is 16.2 Å². The molecule has 0 aliphatic carbocycles. The van der Waals surface area contributed by atoms with E-state index >= 15 is 0 Å². The Morgan fingerprint density at radius 2 is 1.16 bits per heavy atom. The number of nitrogens with zero attached hydrogens (tertiary/aromatic N) is 2. The van der Waals surface area contributed by atoms with Gasteiger partial charge in [0.2, 0.25) is 0 Å². The third-order valence-corrected chi connectivity index (χ3v) is 11.4. The summed E-state index contributed by atoms with van der Waals surface area (Å²) in [6.45, 7) is 19.6. The summed E-state index contributed by atoms with van der Waals surface area (Å²) in [5, 5.41) is 3.03. The maximum absolute atomic E-state index is 12.9. The molecule has 3 aromatic heterocycles. The Kier molecular flexibility index (Phi) is 10.3. The largest absolute Gasteiger partial charge is 0.450 e. The second-order valence-corrected chi connectivity index (χ2v) is 14.4. The predicted molar refractivity (Wildman–Crippen MR) is 231 cm³/mol. The van der Waals surface area contributed by atoms with E-state index in [0.717, 1.165) is 115 Å². The van der Waals surface area contributed by atoms with Gasteiger partial charge in [-0.25, -0.2) is 14.8 Å². The smallest absolute Gasteiger partial charge is 0.411 e. The van der Waals surface area contributed by atoms with Gasteiger partial charge in [-0.2, -0.15) is 0 Å². The van der Waals surface area contributed by atoms with Gasteiger partial charge < -0.3 is 20.4 Å². The van der Waals surface area contributed by atoms with E-state index in [0.29, 0.717) is 11.4 Å². The van der Waals surface area contributed by atoms with Crippen LogP contribution in [-0.2, 0) is 17.6 Å². The number of H-pyrrole nitrogens is 2. The average molecular weight is 733 g/mol. The molecule has 7 rings (SSSR count). The lowest BCUT2D eigenvalue weighted by Gasteiger charge is -2.13. The van der Waals surface area contributed by atoms with Crippen LogP contribution in [0.25, 0.3) is 66.6 Å². The minimum absolute atomic E-state index is 0.277. The van der Waals surface area contributed by atoms with Crippen LogP contribution in [0.1, 0.15) is 106 Å². The SMILES string of the molecule is CCOC(=O)Nc1ccccc1-c1c2[nH]c(cc3nc(c(-c4ccccc4N)c4nc(cc5[nH]c1c(C)c5CC)C(CC)=C4C)C(C)=C3CC)c(CC)c2C. The van der Waals surface area contributed by atoms with Crippen molar-refractivity contribution in [3.63, 3.8) is 0 Å². The number of aromatic nitrogens is 4. The van der Waals surface area contributed by atoms with E-state index in [1.807, 2.05) is 43.3 Å². The minimum atomic E-state index is -0.490. The second kappa shape index (κ2) is 15.1. The normalized spacial score (nSPS) is 12.8. The second-order valence-electron chi connectivity index (χ2n) is 14.4. The molecule has 0 fully saturated rings. The minimum Gasteiger partial charge on any atom is -0.450 e. The van der Waals surface area contributed by atoms with Crippen LogP contribution in [0.3, 0.4) is 0 Å². The van der Waals surface area contributed by atoms with Crippen molar-refractivity contribution in [1.82, 2.24) is 19.9 Å². The first-order chi connectivity index (χ1) is 26.6. The molecule has 5 N–H and O–H groups in total. The Morgan fingerprint density at radius 3 is 1.64 bits per heavy atom. The molecule has 5 aromatic rings. The van der Waals surface area contributed by atoms with Crippen molar-refractivity contribution < 1.29 is 9.53 Å². The fraction of sp³-hybridized carbons (Fsp3) is 0.298. The van der Waals surface area contributed by atoms with E-state index in [1.165, 1.54) is 22.3 Å². The quantitative estimate of drug-likeness (QED) is 0.118. The van der Waals surface area contributed by atoms with Crippen LogP contribution >= 0.6 is 0 Å². The van der Waals surface area contributed by atoms with Crippen LogP contribution in [0.15, 0.2) is 60.7 Å². The standard InChI is InChI=1S/C47H52N6O2/c1-10-29-25(6)43-41(33-19-15-17-21-35(33)48)44-26(7)30(11-2)38(50-44)24-40-32(13-4)28(9)46(52-40)42(34-20-16-18-22-36(34)53-47(54)55-14-5)45-27(8)31(12-3)39(51-45)23-37(29)49-43/h15-24,51-52H,10-14,48H2,1-9H3,(H,53,54). The third kappa shape index (κ3) is 6.33. The van der Waals surface area contributed by atoms with E-state index in [2.05, 4.69) is 94.9 Å². The third-order valence-electron chi connectivity index (χ3n) is 11.4. The highest BCUT2D eigenvalue weighted by atomic mass is 16.5. The molecule has 0 radical (unpaired) electrons. The first kappa shape index (κ1) is 37.4. The zero-order valence-electron chi connectivity index (χ0n) is 33.6. The molecule has 1 amide bonds. The maximum Gasteiger partial charge on any atom is 0.411 e. The van der Waals surface area contributed by atoms with Gasteiger partial charge in [0, 0.05) is 39.0 Å². The van der Waals surface area contributed by atoms with Crippen molar-refractivity contribution in [2.75, 3.05) is 17.7 Å². The molecule has 282 valence electrons. The van der Waals surface area contributed by atoms with Crippen molar-refractivity contribution in [1.29, 1.82) is 0 Å². The number of ether oxygens (including phenoxy) is 1. The number of hydrogen-bond acceptors (Lipinski definition) is 5. The van der Waals surface area contributed by atoms with Gasteiger partial charge in [0.15, 0.2) is 0 Å². The van der Waals surface area contributed by atoms with Gasteiger partial charge in [-0.05, 0) is 129 Å². The summed E-state index contributed by atoms with van der Waals surface area (Å²) < 4.78 is 5.35. The van der Waals surface area contributed by atoms with Crippen molar-refractivity contribution in [2.24, 2.45) is 0 Å². The van der Waals surface area contributed by atoms with Crippen LogP contribution in [-0.4, -0.2) is 32.6 Å². The van der Waals surface area contributed by atoms with Crippen LogP contribution in [0.2, 0.25) is 0 Å². The molecule has 0 saturated carbocycles.